The number of nitrogens with two attached hydrogens (primary N) is 1. The predicted octanol–water partition coefficient (Wildman–Crippen LogP) is 1.82. The summed E-state index contributed by atoms with van der Waals surface area (Å²) in [5.74, 6) is -0.248. The summed E-state index contributed by atoms with van der Waals surface area (Å²) in [6.45, 7) is 0.998. The third-order valence-electron chi connectivity index (χ3n) is 2.97. The summed E-state index contributed by atoms with van der Waals surface area (Å²) < 4.78 is 5.36. The molecule has 0 amide bonds. The summed E-state index contributed by atoms with van der Waals surface area (Å²) in [5.41, 5.74) is 7.87. The van der Waals surface area contributed by atoms with Crippen molar-refractivity contribution in [2.45, 2.75) is 18.9 Å². The number of nitrogen functional groups attached to an aromatic ring is 1. The van der Waals surface area contributed by atoms with Crippen LogP contribution in [-0.2, 0) is 4.74 Å². The molecule has 0 saturated carbocycles. The molecule has 1 aromatic rings. The lowest BCUT2D eigenvalue weighted by molar-refractivity contribution is 0.0361. The second-order valence-corrected chi connectivity index (χ2v) is 4.69. The highest BCUT2D eigenvalue weighted by Crippen LogP contribution is 2.34. The summed E-state index contributed by atoms with van der Waals surface area (Å²) in [7, 11) is 4.07. The fraction of sp³-hybridized carbons (Fsp3) is 0.462. The number of cyclic esters (lactones) is 1. The Bertz CT molecular complexity index is 429. The second-order valence-electron chi connectivity index (χ2n) is 4.69. The van der Waals surface area contributed by atoms with E-state index in [1.807, 2.05) is 26.2 Å². The van der Waals surface area contributed by atoms with Gasteiger partial charge in [-0.05, 0) is 45.6 Å². The smallest absolute Gasteiger partial charge is 0.339 e. The second kappa shape index (κ2) is 4.75. The lowest BCUT2D eigenvalue weighted by Gasteiger charge is -2.13. The molecule has 0 bridgehead atoms. The van der Waals surface area contributed by atoms with Crippen LogP contribution in [-0.4, -0.2) is 31.5 Å². The van der Waals surface area contributed by atoms with Crippen LogP contribution in [0.4, 0.5) is 5.69 Å². The number of fused-ring (bicyclic) bond motifs is 1. The molecule has 1 aromatic carbocycles. The highest BCUT2D eigenvalue weighted by molar-refractivity contribution is 5.95. The molecule has 4 nitrogen and oxygen atoms in total. The van der Waals surface area contributed by atoms with E-state index in [-0.39, 0.29) is 12.1 Å². The molecule has 0 aromatic heterocycles. The number of hydrogen-bond donors (Lipinski definition) is 1. The molecule has 0 radical (unpaired) electrons. The number of nitrogens with zero attached hydrogens (tertiary/aromatic N) is 1. The van der Waals surface area contributed by atoms with Gasteiger partial charge >= 0.3 is 5.97 Å². The van der Waals surface area contributed by atoms with Gasteiger partial charge in [-0.25, -0.2) is 4.79 Å². The van der Waals surface area contributed by atoms with Crippen LogP contribution in [0.25, 0.3) is 0 Å². The van der Waals surface area contributed by atoms with Crippen LogP contribution in [0.2, 0.25) is 0 Å². The van der Waals surface area contributed by atoms with E-state index in [4.69, 9.17) is 10.5 Å². The average molecular weight is 234 g/mol. The molecule has 1 atom stereocenters. The van der Waals surface area contributed by atoms with Gasteiger partial charge in [0, 0.05) is 11.3 Å². The maximum atomic E-state index is 11.6. The van der Waals surface area contributed by atoms with E-state index in [9.17, 15) is 4.79 Å². The fourth-order valence-electron chi connectivity index (χ4n) is 2.09. The van der Waals surface area contributed by atoms with Crippen molar-refractivity contribution in [2.24, 2.45) is 0 Å². The molecule has 2 rings (SSSR count). The Morgan fingerprint density at radius 3 is 2.88 bits per heavy atom. The van der Waals surface area contributed by atoms with Crippen LogP contribution in [0.5, 0.6) is 0 Å². The van der Waals surface area contributed by atoms with Gasteiger partial charge < -0.3 is 15.4 Å². The number of carbonyl (C=O) groups is 1. The van der Waals surface area contributed by atoms with Crippen LogP contribution in [0.15, 0.2) is 18.2 Å². The Kier molecular flexibility index (Phi) is 3.33. The van der Waals surface area contributed by atoms with Gasteiger partial charge in [-0.1, -0.05) is 6.07 Å². The molecule has 0 spiro atoms. The summed E-state index contributed by atoms with van der Waals surface area (Å²) in [5, 5.41) is 0. The summed E-state index contributed by atoms with van der Waals surface area (Å²) in [6, 6.07) is 5.42. The summed E-state index contributed by atoms with van der Waals surface area (Å²) in [4.78, 5) is 13.8. The molecule has 0 saturated heterocycles. The highest BCUT2D eigenvalue weighted by Gasteiger charge is 2.30. The maximum absolute atomic E-state index is 11.6. The molecule has 0 aliphatic carbocycles. The molecule has 4 heteroatoms. The molecule has 0 fully saturated rings. The molecule has 1 unspecified atom stereocenters. The largest absolute Gasteiger partial charge is 0.454 e. The normalized spacial score (nSPS) is 18.3. The lowest BCUT2D eigenvalue weighted by atomic mass is 10.0. The van der Waals surface area contributed by atoms with Gasteiger partial charge in [-0.2, -0.15) is 0 Å². The van der Waals surface area contributed by atoms with Gasteiger partial charge in [-0.3, -0.25) is 0 Å². The van der Waals surface area contributed by atoms with E-state index in [2.05, 4.69) is 4.90 Å². The van der Waals surface area contributed by atoms with Gasteiger partial charge in [0.05, 0.1) is 5.56 Å². The number of benzene rings is 1. The van der Waals surface area contributed by atoms with E-state index >= 15 is 0 Å². The lowest BCUT2D eigenvalue weighted by Crippen LogP contribution is -2.14. The van der Waals surface area contributed by atoms with Crippen LogP contribution in [0, 0.1) is 0 Å². The molecule has 1 aliphatic rings. The average Bonchev–Trinajstić information content (AvgIpc) is 2.55. The van der Waals surface area contributed by atoms with E-state index in [0.29, 0.717) is 11.3 Å². The van der Waals surface area contributed by atoms with Crippen molar-refractivity contribution >= 4 is 11.7 Å². The third-order valence-corrected chi connectivity index (χ3v) is 2.97. The number of hydrogen-bond acceptors (Lipinski definition) is 4. The van der Waals surface area contributed by atoms with E-state index < -0.39 is 0 Å². The SMILES string of the molecule is CN(C)CCCC1OC(=O)c2cc(N)ccc21. The Labute approximate surface area is 101 Å². The van der Waals surface area contributed by atoms with Gasteiger partial charge in [0.15, 0.2) is 0 Å². The Morgan fingerprint density at radius 2 is 2.18 bits per heavy atom. The minimum absolute atomic E-state index is 0.0990. The first kappa shape index (κ1) is 11.9. The van der Waals surface area contributed by atoms with Crippen LogP contribution < -0.4 is 5.73 Å². The predicted molar refractivity (Wildman–Crippen MR) is 66.8 cm³/mol. The third kappa shape index (κ3) is 2.58. The summed E-state index contributed by atoms with van der Waals surface area (Å²) >= 11 is 0. The Hall–Kier alpha value is -1.55. The zero-order chi connectivity index (χ0) is 12.4. The van der Waals surface area contributed by atoms with Crippen LogP contribution in [0.1, 0.15) is 34.9 Å². The first-order chi connectivity index (χ1) is 8.08. The number of esters is 1. The summed E-state index contributed by atoms with van der Waals surface area (Å²) in [6.07, 6.45) is 1.77. The van der Waals surface area contributed by atoms with E-state index in [0.717, 1.165) is 24.9 Å². The van der Waals surface area contributed by atoms with Gasteiger partial charge in [0.2, 0.25) is 0 Å². The van der Waals surface area contributed by atoms with Crippen molar-refractivity contribution in [3.8, 4) is 0 Å². The van der Waals surface area contributed by atoms with Gasteiger partial charge in [-0.15, -0.1) is 0 Å². The Morgan fingerprint density at radius 1 is 1.41 bits per heavy atom. The molecule has 92 valence electrons. The standard InChI is InChI=1S/C13H18N2O2/c1-15(2)7-3-4-12-10-6-5-9(14)8-11(10)13(16)17-12/h5-6,8,12H,3-4,7,14H2,1-2H3. The van der Waals surface area contributed by atoms with Crippen molar-refractivity contribution in [3.05, 3.63) is 29.3 Å². The number of rotatable bonds is 4. The van der Waals surface area contributed by atoms with E-state index in [1.165, 1.54) is 0 Å². The minimum atomic E-state index is -0.248. The number of ether oxygens (including phenoxy) is 1. The highest BCUT2D eigenvalue weighted by atomic mass is 16.5. The zero-order valence-electron chi connectivity index (χ0n) is 10.3. The van der Waals surface area contributed by atoms with Gasteiger partial charge in [0.1, 0.15) is 6.10 Å². The van der Waals surface area contributed by atoms with Crippen molar-refractivity contribution in [3.63, 3.8) is 0 Å². The monoisotopic (exact) mass is 234 g/mol. The first-order valence-electron chi connectivity index (χ1n) is 5.83. The number of anilines is 1. The molecule has 1 heterocycles. The van der Waals surface area contributed by atoms with Crippen molar-refractivity contribution in [2.75, 3.05) is 26.4 Å². The number of carbonyl (C=O) groups excluding carboxylic acids is 1. The zero-order valence-corrected chi connectivity index (χ0v) is 10.3. The minimum Gasteiger partial charge on any atom is -0.454 e. The van der Waals surface area contributed by atoms with E-state index in [1.54, 1.807) is 6.07 Å². The Balaban J connectivity index is 2.06. The maximum Gasteiger partial charge on any atom is 0.339 e. The first-order valence-corrected chi connectivity index (χ1v) is 5.83. The fourth-order valence-corrected chi connectivity index (χ4v) is 2.09. The quantitative estimate of drug-likeness (QED) is 0.638. The van der Waals surface area contributed by atoms with Crippen LogP contribution in [0.3, 0.4) is 0 Å². The van der Waals surface area contributed by atoms with Gasteiger partial charge in [0.25, 0.3) is 0 Å². The van der Waals surface area contributed by atoms with Crippen molar-refractivity contribution in [1.82, 2.24) is 4.90 Å². The molecule has 1 aliphatic heterocycles. The molecular formula is C13H18N2O2. The topological polar surface area (TPSA) is 55.6 Å². The molecule has 2 N–H and O–H groups in total. The molecular weight excluding hydrogens is 216 g/mol. The van der Waals surface area contributed by atoms with Crippen LogP contribution >= 0.6 is 0 Å². The van der Waals surface area contributed by atoms with Crippen molar-refractivity contribution in [1.29, 1.82) is 0 Å². The molecule has 17 heavy (non-hydrogen) atoms. The van der Waals surface area contributed by atoms with Crippen molar-refractivity contribution < 1.29 is 9.53 Å².